The Morgan fingerprint density at radius 1 is 1.25 bits per heavy atom. The van der Waals surface area contributed by atoms with Crippen molar-refractivity contribution in [1.29, 1.82) is 5.26 Å². The van der Waals surface area contributed by atoms with Gasteiger partial charge in [0.05, 0.1) is 0 Å². The van der Waals surface area contributed by atoms with E-state index in [0.717, 1.165) is 5.56 Å². The molecule has 0 fully saturated rings. The molecule has 0 spiro atoms. The predicted molar refractivity (Wildman–Crippen MR) is 71.5 cm³/mol. The third-order valence-corrected chi connectivity index (χ3v) is 2.45. The van der Waals surface area contributed by atoms with E-state index >= 15 is 0 Å². The van der Waals surface area contributed by atoms with Crippen LogP contribution in [0, 0.1) is 11.3 Å². The number of nitriles is 1. The smallest absolute Gasteiger partial charge is 0.325 e. The SMILES string of the molecule is N#Cc1nccnc1NCC(=O)OCc1ccccc1. The average molecular weight is 268 g/mol. The van der Waals surface area contributed by atoms with Crippen molar-refractivity contribution in [2.75, 3.05) is 11.9 Å². The highest BCUT2D eigenvalue weighted by atomic mass is 16.5. The highest BCUT2D eigenvalue weighted by Crippen LogP contribution is 2.06. The van der Waals surface area contributed by atoms with E-state index < -0.39 is 5.97 Å². The Morgan fingerprint density at radius 3 is 2.75 bits per heavy atom. The summed E-state index contributed by atoms with van der Waals surface area (Å²) in [6.45, 7) is 0.146. The molecular formula is C14H12N4O2. The maximum absolute atomic E-state index is 11.6. The lowest BCUT2D eigenvalue weighted by Crippen LogP contribution is -2.18. The molecule has 100 valence electrons. The van der Waals surface area contributed by atoms with E-state index in [0.29, 0.717) is 0 Å². The fourth-order valence-corrected chi connectivity index (χ4v) is 1.49. The molecule has 6 nitrogen and oxygen atoms in total. The lowest BCUT2D eigenvalue weighted by Gasteiger charge is -2.07. The number of nitrogens with zero attached hydrogens (tertiary/aromatic N) is 3. The van der Waals surface area contributed by atoms with Gasteiger partial charge in [0.15, 0.2) is 11.5 Å². The molecule has 0 aliphatic heterocycles. The molecule has 0 aliphatic carbocycles. The third-order valence-electron chi connectivity index (χ3n) is 2.45. The standard InChI is InChI=1S/C14H12N4O2/c15-8-12-14(17-7-6-16-12)18-9-13(19)20-10-11-4-2-1-3-5-11/h1-7H,9-10H2,(H,17,18). The van der Waals surface area contributed by atoms with E-state index in [1.807, 2.05) is 36.4 Å². The molecule has 1 aromatic heterocycles. The van der Waals surface area contributed by atoms with Crippen molar-refractivity contribution < 1.29 is 9.53 Å². The number of benzene rings is 1. The monoisotopic (exact) mass is 268 g/mol. The number of carbonyl (C=O) groups is 1. The van der Waals surface area contributed by atoms with Crippen molar-refractivity contribution in [3.05, 3.63) is 54.0 Å². The molecular weight excluding hydrogens is 256 g/mol. The van der Waals surface area contributed by atoms with Gasteiger partial charge in [-0.3, -0.25) is 4.79 Å². The molecule has 1 N–H and O–H groups in total. The Morgan fingerprint density at radius 2 is 2.00 bits per heavy atom. The van der Waals surface area contributed by atoms with Crippen molar-refractivity contribution in [3.8, 4) is 6.07 Å². The maximum atomic E-state index is 11.6. The maximum Gasteiger partial charge on any atom is 0.325 e. The van der Waals surface area contributed by atoms with E-state index in [1.54, 1.807) is 0 Å². The van der Waals surface area contributed by atoms with Gasteiger partial charge < -0.3 is 10.1 Å². The number of hydrogen-bond acceptors (Lipinski definition) is 6. The highest BCUT2D eigenvalue weighted by Gasteiger charge is 2.07. The number of carbonyl (C=O) groups excluding carboxylic acids is 1. The molecule has 0 saturated carbocycles. The Hall–Kier alpha value is -2.94. The normalized spacial score (nSPS) is 9.55. The molecule has 0 unspecified atom stereocenters. The zero-order valence-electron chi connectivity index (χ0n) is 10.6. The van der Waals surface area contributed by atoms with Crippen LogP contribution in [0.3, 0.4) is 0 Å². The summed E-state index contributed by atoms with van der Waals surface area (Å²) in [5, 5.41) is 11.6. The topological polar surface area (TPSA) is 87.9 Å². The van der Waals surface area contributed by atoms with Crippen LogP contribution in [-0.2, 0) is 16.1 Å². The second kappa shape index (κ2) is 6.85. The van der Waals surface area contributed by atoms with Crippen LogP contribution in [0.1, 0.15) is 11.3 Å². The quantitative estimate of drug-likeness (QED) is 0.827. The van der Waals surface area contributed by atoms with Gasteiger partial charge in [-0.2, -0.15) is 5.26 Å². The number of hydrogen-bond donors (Lipinski definition) is 1. The van der Waals surface area contributed by atoms with Crippen LogP contribution in [0.15, 0.2) is 42.7 Å². The Kier molecular flexibility index (Phi) is 4.62. The first kappa shape index (κ1) is 13.5. The molecule has 20 heavy (non-hydrogen) atoms. The van der Waals surface area contributed by atoms with Crippen LogP contribution in [-0.4, -0.2) is 22.5 Å². The van der Waals surface area contributed by atoms with Gasteiger partial charge in [-0.15, -0.1) is 0 Å². The molecule has 0 amide bonds. The predicted octanol–water partition coefficient (Wildman–Crippen LogP) is 1.50. The van der Waals surface area contributed by atoms with Gasteiger partial charge >= 0.3 is 5.97 Å². The molecule has 1 aromatic carbocycles. The highest BCUT2D eigenvalue weighted by molar-refractivity contribution is 5.75. The van der Waals surface area contributed by atoms with Crippen molar-refractivity contribution in [2.45, 2.75) is 6.61 Å². The summed E-state index contributed by atoms with van der Waals surface area (Å²) >= 11 is 0. The number of esters is 1. The lowest BCUT2D eigenvalue weighted by atomic mass is 10.2. The summed E-state index contributed by atoms with van der Waals surface area (Å²) in [5.74, 6) is -0.157. The van der Waals surface area contributed by atoms with Crippen molar-refractivity contribution in [3.63, 3.8) is 0 Å². The van der Waals surface area contributed by atoms with Gasteiger partial charge in [0.1, 0.15) is 19.2 Å². The van der Waals surface area contributed by atoms with Gasteiger partial charge in [0.2, 0.25) is 0 Å². The van der Waals surface area contributed by atoms with E-state index in [-0.39, 0.29) is 24.7 Å². The van der Waals surface area contributed by atoms with E-state index in [4.69, 9.17) is 10.00 Å². The first-order valence-corrected chi connectivity index (χ1v) is 5.94. The summed E-state index contributed by atoms with van der Waals surface area (Å²) in [7, 11) is 0. The largest absolute Gasteiger partial charge is 0.460 e. The first-order chi connectivity index (χ1) is 9.79. The van der Waals surface area contributed by atoms with Crippen LogP contribution in [0.25, 0.3) is 0 Å². The second-order valence-corrected chi connectivity index (χ2v) is 3.87. The number of nitrogens with one attached hydrogen (secondary N) is 1. The zero-order chi connectivity index (χ0) is 14.2. The molecule has 2 aromatic rings. The van der Waals surface area contributed by atoms with Crippen LogP contribution in [0.5, 0.6) is 0 Å². The summed E-state index contributed by atoms with van der Waals surface area (Å²) in [6, 6.07) is 11.3. The number of ether oxygens (including phenoxy) is 1. The molecule has 0 atom stereocenters. The lowest BCUT2D eigenvalue weighted by molar-refractivity contribution is -0.142. The van der Waals surface area contributed by atoms with E-state index in [2.05, 4.69) is 15.3 Å². The molecule has 2 rings (SSSR count). The van der Waals surface area contributed by atoms with E-state index in [9.17, 15) is 4.79 Å². The van der Waals surface area contributed by atoms with E-state index in [1.165, 1.54) is 12.4 Å². The van der Waals surface area contributed by atoms with Crippen molar-refractivity contribution in [2.24, 2.45) is 0 Å². The van der Waals surface area contributed by atoms with Crippen LogP contribution in [0.2, 0.25) is 0 Å². The molecule has 0 saturated heterocycles. The molecule has 0 radical (unpaired) electrons. The zero-order valence-corrected chi connectivity index (χ0v) is 10.6. The summed E-state index contributed by atoms with van der Waals surface area (Å²) in [6.07, 6.45) is 2.86. The third kappa shape index (κ3) is 3.78. The van der Waals surface area contributed by atoms with Gasteiger partial charge in [-0.25, -0.2) is 9.97 Å². The van der Waals surface area contributed by atoms with Crippen molar-refractivity contribution in [1.82, 2.24) is 9.97 Å². The minimum atomic E-state index is -0.427. The van der Waals surface area contributed by atoms with Crippen LogP contribution < -0.4 is 5.32 Å². The van der Waals surface area contributed by atoms with Gasteiger partial charge in [0.25, 0.3) is 0 Å². The number of rotatable bonds is 5. The Bertz CT molecular complexity index is 623. The molecule has 0 bridgehead atoms. The summed E-state index contributed by atoms with van der Waals surface area (Å²) in [5.41, 5.74) is 1.06. The number of anilines is 1. The molecule has 6 heteroatoms. The minimum Gasteiger partial charge on any atom is -0.460 e. The number of aromatic nitrogens is 2. The van der Waals surface area contributed by atoms with Crippen LogP contribution >= 0.6 is 0 Å². The fourth-order valence-electron chi connectivity index (χ4n) is 1.49. The van der Waals surface area contributed by atoms with Gasteiger partial charge in [-0.05, 0) is 5.56 Å². The van der Waals surface area contributed by atoms with Crippen molar-refractivity contribution >= 4 is 11.8 Å². The summed E-state index contributed by atoms with van der Waals surface area (Å²) in [4.78, 5) is 19.3. The first-order valence-electron chi connectivity index (χ1n) is 5.94. The van der Waals surface area contributed by atoms with Gasteiger partial charge in [-0.1, -0.05) is 30.3 Å². The molecule has 1 heterocycles. The fraction of sp³-hybridized carbons (Fsp3) is 0.143. The Balaban J connectivity index is 1.82. The minimum absolute atomic E-state index is 0.0692. The molecule has 0 aliphatic rings. The van der Waals surface area contributed by atoms with Crippen LogP contribution in [0.4, 0.5) is 5.82 Å². The second-order valence-electron chi connectivity index (χ2n) is 3.87. The summed E-state index contributed by atoms with van der Waals surface area (Å²) < 4.78 is 5.09. The average Bonchev–Trinajstić information content (AvgIpc) is 2.52. The Labute approximate surface area is 116 Å². The van der Waals surface area contributed by atoms with Gasteiger partial charge in [0, 0.05) is 12.4 Å².